The first-order chi connectivity index (χ1) is 10.9. The lowest BCUT2D eigenvalue weighted by atomic mass is 9.99. The van der Waals surface area contributed by atoms with E-state index in [1.165, 1.54) is 4.31 Å². The Morgan fingerprint density at radius 2 is 1.74 bits per heavy atom. The number of nitrogens with two attached hydrogens (primary N) is 1. The van der Waals surface area contributed by atoms with Crippen molar-refractivity contribution < 1.29 is 13.2 Å². The van der Waals surface area contributed by atoms with Gasteiger partial charge in [0.15, 0.2) is 0 Å². The van der Waals surface area contributed by atoms with Crippen LogP contribution in [0.25, 0.3) is 0 Å². The van der Waals surface area contributed by atoms with Crippen LogP contribution in [-0.2, 0) is 14.8 Å². The molecule has 1 aromatic carbocycles. The lowest BCUT2D eigenvalue weighted by Crippen LogP contribution is -2.55. The van der Waals surface area contributed by atoms with Crippen LogP contribution in [0, 0.1) is 5.92 Å². The number of hydrogen-bond donors (Lipinski definition) is 1. The van der Waals surface area contributed by atoms with Crippen LogP contribution in [0.4, 0.5) is 0 Å². The number of carbonyl (C=O) groups excluding carboxylic acids is 1. The van der Waals surface area contributed by atoms with Gasteiger partial charge in [0.25, 0.3) is 0 Å². The van der Waals surface area contributed by atoms with Crippen molar-refractivity contribution in [2.24, 2.45) is 11.7 Å². The first kappa shape index (κ1) is 17.9. The van der Waals surface area contributed by atoms with Gasteiger partial charge in [-0.25, -0.2) is 8.42 Å². The van der Waals surface area contributed by atoms with Gasteiger partial charge in [-0.15, -0.1) is 0 Å². The third-order valence-electron chi connectivity index (χ3n) is 4.47. The normalized spacial score (nSPS) is 19.3. The molecule has 0 saturated carbocycles. The topological polar surface area (TPSA) is 83.7 Å². The number of amides is 1. The van der Waals surface area contributed by atoms with Gasteiger partial charge in [0, 0.05) is 26.2 Å². The van der Waals surface area contributed by atoms with Crippen molar-refractivity contribution >= 4 is 15.9 Å². The minimum Gasteiger partial charge on any atom is -0.339 e. The summed E-state index contributed by atoms with van der Waals surface area (Å²) in [6.45, 7) is 5.33. The van der Waals surface area contributed by atoms with E-state index in [1.807, 2.05) is 13.8 Å². The molecule has 1 amide bonds. The van der Waals surface area contributed by atoms with Crippen LogP contribution in [0.2, 0.25) is 0 Å². The monoisotopic (exact) mass is 339 g/mol. The SMILES string of the molecule is CCC(C)C(N)C(=O)N1CCN(S(=O)(=O)c2ccccc2)CC1. The highest BCUT2D eigenvalue weighted by Crippen LogP contribution is 2.18. The highest BCUT2D eigenvalue weighted by Gasteiger charge is 2.32. The predicted molar refractivity (Wildman–Crippen MR) is 89.2 cm³/mol. The molecular formula is C16H25N3O3S. The van der Waals surface area contributed by atoms with Crippen molar-refractivity contribution in [2.75, 3.05) is 26.2 Å². The molecule has 0 aromatic heterocycles. The number of carbonyl (C=O) groups is 1. The van der Waals surface area contributed by atoms with Crippen LogP contribution in [0.5, 0.6) is 0 Å². The molecule has 1 saturated heterocycles. The molecule has 1 aliphatic heterocycles. The van der Waals surface area contributed by atoms with Gasteiger partial charge in [0.05, 0.1) is 10.9 Å². The molecule has 2 N–H and O–H groups in total. The smallest absolute Gasteiger partial charge is 0.243 e. The first-order valence-electron chi connectivity index (χ1n) is 7.97. The zero-order valence-electron chi connectivity index (χ0n) is 13.7. The second kappa shape index (κ2) is 7.42. The maximum Gasteiger partial charge on any atom is 0.243 e. The van der Waals surface area contributed by atoms with Crippen LogP contribution in [0.15, 0.2) is 35.2 Å². The van der Waals surface area contributed by atoms with E-state index in [2.05, 4.69) is 0 Å². The number of rotatable bonds is 5. The van der Waals surface area contributed by atoms with Crippen molar-refractivity contribution in [2.45, 2.75) is 31.2 Å². The van der Waals surface area contributed by atoms with Crippen LogP contribution in [0.3, 0.4) is 0 Å². The van der Waals surface area contributed by atoms with Crippen LogP contribution in [-0.4, -0.2) is 55.8 Å². The Labute approximate surface area is 138 Å². The Kier molecular flexibility index (Phi) is 5.78. The Balaban J connectivity index is 2.00. The van der Waals surface area contributed by atoms with Gasteiger partial charge in [0.1, 0.15) is 0 Å². The highest BCUT2D eigenvalue weighted by atomic mass is 32.2. The maximum absolute atomic E-state index is 12.5. The van der Waals surface area contributed by atoms with E-state index in [9.17, 15) is 13.2 Å². The molecule has 23 heavy (non-hydrogen) atoms. The minimum atomic E-state index is -3.49. The summed E-state index contributed by atoms with van der Waals surface area (Å²) in [6, 6.07) is 7.86. The van der Waals surface area contributed by atoms with E-state index < -0.39 is 16.1 Å². The highest BCUT2D eigenvalue weighted by molar-refractivity contribution is 7.89. The quantitative estimate of drug-likeness (QED) is 0.864. The van der Waals surface area contributed by atoms with E-state index in [0.717, 1.165) is 6.42 Å². The van der Waals surface area contributed by atoms with Gasteiger partial charge in [-0.1, -0.05) is 38.5 Å². The zero-order chi connectivity index (χ0) is 17.0. The molecule has 0 spiro atoms. The van der Waals surface area contributed by atoms with Gasteiger partial charge < -0.3 is 10.6 Å². The molecule has 6 nitrogen and oxygen atoms in total. The molecule has 128 valence electrons. The first-order valence-corrected chi connectivity index (χ1v) is 9.41. The predicted octanol–water partition coefficient (Wildman–Crippen LogP) is 0.893. The summed E-state index contributed by atoms with van der Waals surface area (Å²) in [7, 11) is -3.49. The summed E-state index contributed by atoms with van der Waals surface area (Å²) < 4.78 is 26.5. The fourth-order valence-corrected chi connectivity index (χ4v) is 4.04. The Morgan fingerprint density at radius 3 is 2.26 bits per heavy atom. The molecule has 2 unspecified atom stereocenters. The third-order valence-corrected chi connectivity index (χ3v) is 6.39. The number of sulfonamides is 1. The number of benzene rings is 1. The van der Waals surface area contributed by atoms with Gasteiger partial charge in [-0.05, 0) is 18.1 Å². The van der Waals surface area contributed by atoms with E-state index >= 15 is 0 Å². The van der Waals surface area contributed by atoms with Crippen molar-refractivity contribution in [3.05, 3.63) is 30.3 Å². The van der Waals surface area contributed by atoms with Crippen LogP contribution in [0.1, 0.15) is 20.3 Å². The summed E-state index contributed by atoms with van der Waals surface area (Å²) >= 11 is 0. The van der Waals surface area contributed by atoms with E-state index in [-0.39, 0.29) is 16.7 Å². The molecule has 1 heterocycles. The lowest BCUT2D eigenvalue weighted by Gasteiger charge is -2.36. The molecular weight excluding hydrogens is 314 g/mol. The summed E-state index contributed by atoms with van der Waals surface area (Å²) in [5.74, 6) is 0.0321. The molecule has 1 aliphatic rings. The summed E-state index contributed by atoms with van der Waals surface area (Å²) in [6.07, 6.45) is 0.843. The van der Waals surface area contributed by atoms with Gasteiger partial charge in [-0.3, -0.25) is 4.79 Å². The number of piperazine rings is 1. The second-order valence-electron chi connectivity index (χ2n) is 5.95. The fourth-order valence-electron chi connectivity index (χ4n) is 2.60. The molecule has 1 aromatic rings. The number of nitrogens with zero attached hydrogens (tertiary/aromatic N) is 2. The van der Waals surface area contributed by atoms with Crippen molar-refractivity contribution in [3.8, 4) is 0 Å². The second-order valence-corrected chi connectivity index (χ2v) is 7.89. The van der Waals surface area contributed by atoms with Gasteiger partial charge >= 0.3 is 0 Å². The Morgan fingerprint density at radius 1 is 1.17 bits per heavy atom. The molecule has 7 heteroatoms. The maximum atomic E-state index is 12.5. The van der Waals surface area contributed by atoms with Crippen molar-refractivity contribution in [1.82, 2.24) is 9.21 Å². The molecule has 2 atom stereocenters. The molecule has 2 rings (SSSR count). The molecule has 1 fully saturated rings. The van der Waals surface area contributed by atoms with E-state index in [4.69, 9.17) is 5.73 Å². The summed E-state index contributed by atoms with van der Waals surface area (Å²) in [4.78, 5) is 14.3. The Bertz CT molecular complexity index is 625. The van der Waals surface area contributed by atoms with Crippen molar-refractivity contribution in [3.63, 3.8) is 0 Å². The molecule has 0 radical (unpaired) electrons. The average molecular weight is 339 g/mol. The van der Waals surface area contributed by atoms with Crippen LogP contribution >= 0.6 is 0 Å². The third kappa shape index (κ3) is 3.91. The molecule has 0 aliphatic carbocycles. The van der Waals surface area contributed by atoms with E-state index in [0.29, 0.717) is 26.2 Å². The number of hydrogen-bond acceptors (Lipinski definition) is 4. The van der Waals surface area contributed by atoms with Gasteiger partial charge in [0.2, 0.25) is 15.9 Å². The minimum absolute atomic E-state index is 0.0869. The van der Waals surface area contributed by atoms with Crippen LogP contribution < -0.4 is 5.73 Å². The largest absolute Gasteiger partial charge is 0.339 e. The summed E-state index contributed by atoms with van der Waals surface area (Å²) in [5.41, 5.74) is 5.99. The lowest BCUT2D eigenvalue weighted by molar-refractivity contribution is -0.134. The van der Waals surface area contributed by atoms with Gasteiger partial charge in [-0.2, -0.15) is 4.31 Å². The summed E-state index contributed by atoms with van der Waals surface area (Å²) in [5, 5.41) is 0. The Hall–Kier alpha value is -1.44. The zero-order valence-corrected chi connectivity index (χ0v) is 14.5. The average Bonchev–Trinajstić information content (AvgIpc) is 2.60. The van der Waals surface area contributed by atoms with E-state index in [1.54, 1.807) is 35.2 Å². The fraction of sp³-hybridized carbons (Fsp3) is 0.562. The standard InChI is InChI=1S/C16H25N3O3S/c1-3-13(2)15(17)16(20)18-9-11-19(12-10-18)23(21,22)14-7-5-4-6-8-14/h4-8,13,15H,3,9-12,17H2,1-2H3. The van der Waals surface area contributed by atoms with Crippen molar-refractivity contribution in [1.29, 1.82) is 0 Å². The molecule has 0 bridgehead atoms.